The average Bonchev–Trinajstić information content (AvgIpc) is 2.36. The lowest BCUT2D eigenvalue weighted by Crippen LogP contribution is -2.57. The van der Waals surface area contributed by atoms with Gasteiger partial charge in [-0.25, -0.2) is 0 Å². The predicted molar refractivity (Wildman–Crippen MR) is 92.5 cm³/mol. The number of hydrogen-bond donors (Lipinski definition) is 2. The van der Waals surface area contributed by atoms with Gasteiger partial charge in [0.2, 0.25) is 5.91 Å². The largest absolute Gasteiger partial charge is 0.355 e. The Hall–Kier alpha value is -0.570. The highest BCUT2D eigenvalue weighted by Gasteiger charge is 2.34. The second kappa shape index (κ2) is 9.45. The second-order valence-electron chi connectivity index (χ2n) is 7.81. The maximum atomic E-state index is 12.6. The Kier molecular flexibility index (Phi) is 9.19. The molecule has 0 heterocycles. The van der Waals surface area contributed by atoms with E-state index >= 15 is 0 Å². The fourth-order valence-corrected chi connectivity index (χ4v) is 2.83. The number of unbranched alkanes of at least 4 members (excludes halogenated alkanes) is 1. The summed E-state index contributed by atoms with van der Waals surface area (Å²) in [6.07, 6.45) is 5.38. The van der Waals surface area contributed by atoms with Gasteiger partial charge in [-0.3, -0.25) is 4.79 Å². The molecule has 0 aliphatic rings. The minimum absolute atomic E-state index is 0.150. The number of carbonyl (C=O) groups is 1. The van der Waals surface area contributed by atoms with Crippen molar-refractivity contribution in [1.29, 1.82) is 0 Å². The minimum Gasteiger partial charge on any atom is -0.355 e. The monoisotopic (exact) mass is 298 g/mol. The molecule has 0 aromatic heterocycles. The zero-order valence-corrected chi connectivity index (χ0v) is 15.4. The molecule has 0 fully saturated rings. The van der Waals surface area contributed by atoms with Gasteiger partial charge in [0.25, 0.3) is 0 Å². The summed E-state index contributed by atoms with van der Waals surface area (Å²) >= 11 is 0. The minimum atomic E-state index is -0.465. The highest BCUT2D eigenvalue weighted by Crippen LogP contribution is 2.24. The lowest BCUT2D eigenvalue weighted by atomic mass is 9.84. The molecule has 0 bridgehead atoms. The van der Waals surface area contributed by atoms with Gasteiger partial charge in [-0.1, -0.05) is 54.4 Å². The summed E-state index contributed by atoms with van der Waals surface area (Å²) in [6.45, 7) is 17.0. The molecule has 3 nitrogen and oxygen atoms in total. The van der Waals surface area contributed by atoms with Gasteiger partial charge in [-0.05, 0) is 37.5 Å². The third-order valence-electron chi connectivity index (χ3n) is 4.02. The molecular formula is C18H38N2O. The average molecular weight is 299 g/mol. The van der Waals surface area contributed by atoms with Crippen LogP contribution in [0.3, 0.4) is 0 Å². The van der Waals surface area contributed by atoms with Crippen molar-refractivity contribution >= 4 is 5.91 Å². The van der Waals surface area contributed by atoms with Gasteiger partial charge in [-0.2, -0.15) is 0 Å². The molecule has 1 atom stereocenters. The van der Waals surface area contributed by atoms with Crippen LogP contribution in [0.2, 0.25) is 0 Å². The fourth-order valence-electron chi connectivity index (χ4n) is 2.83. The zero-order chi connectivity index (χ0) is 16.5. The third kappa shape index (κ3) is 8.45. The van der Waals surface area contributed by atoms with E-state index in [0.29, 0.717) is 5.92 Å². The van der Waals surface area contributed by atoms with Crippen molar-refractivity contribution in [3.63, 3.8) is 0 Å². The number of carbonyl (C=O) groups excluding carboxylic acids is 1. The molecule has 1 unspecified atom stereocenters. The summed E-state index contributed by atoms with van der Waals surface area (Å²) < 4.78 is 0. The highest BCUT2D eigenvalue weighted by molar-refractivity contribution is 5.85. The molecule has 0 aliphatic carbocycles. The van der Waals surface area contributed by atoms with Crippen molar-refractivity contribution in [2.75, 3.05) is 13.1 Å². The van der Waals surface area contributed by atoms with Crippen LogP contribution >= 0.6 is 0 Å². The Labute approximate surface area is 132 Å². The summed E-state index contributed by atoms with van der Waals surface area (Å²) in [4.78, 5) is 12.6. The Bertz CT molecular complexity index is 300. The van der Waals surface area contributed by atoms with Gasteiger partial charge < -0.3 is 10.6 Å². The van der Waals surface area contributed by atoms with Crippen molar-refractivity contribution in [3.05, 3.63) is 0 Å². The molecule has 21 heavy (non-hydrogen) atoms. The van der Waals surface area contributed by atoms with E-state index in [1.54, 1.807) is 0 Å². The van der Waals surface area contributed by atoms with E-state index in [2.05, 4.69) is 59.1 Å². The molecule has 2 N–H and O–H groups in total. The smallest absolute Gasteiger partial charge is 0.240 e. The van der Waals surface area contributed by atoms with Gasteiger partial charge in [0.1, 0.15) is 0 Å². The first kappa shape index (κ1) is 20.4. The van der Waals surface area contributed by atoms with Crippen LogP contribution in [0.15, 0.2) is 0 Å². The van der Waals surface area contributed by atoms with Crippen LogP contribution in [0.25, 0.3) is 0 Å². The number of amides is 1. The normalized spacial score (nSPS) is 15.0. The summed E-state index contributed by atoms with van der Waals surface area (Å²) in [5.74, 6) is 0.644. The molecule has 0 spiro atoms. The Morgan fingerprint density at radius 3 is 2.19 bits per heavy atom. The molecule has 1 amide bonds. The summed E-state index contributed by atoms with van der Waals surface area (Å²) in [6, 6.07) is 0. The first-order valence-corrected chi connectivity index (χ1v) is 8.70. The number of rotatable bonds is 11. The van der Waals surface area contributed by atoms with Crippen LogP contribution in [0.4, 0.5) is 0 Å². The van der Waals surface area contributed by atoms with Crippen molar-refractivity contribution in [1.82, 2.24) is 10.6 Å². The van der Waals surface area contributed by atoms with Gasteiger partial charge >= 0.3 is 0 Å². The zero-order valence-electron chi connectivity index (χ0n) is 15.4. The van der Waals surface area contributed by atoms with E-state index in [4.69, 9.17) is 0 Å². The highest BCUT2D eigenvalue weighted by atomic mass is 16.2. The van der Waals surface area contributed by atoms with Crippen LogP contribution in [0.5, 0.6) is 0 Å². The molecule has 126 valence electrons. The predicted octanol–water partition coefficient (Wildman–Crippen LogP) is 4.12. The van der Waals surface area contributed by atoms with Crippen molar-refractivity contribution in [2.24, 2.45) is 11.3 Å². The third-order valence-corrected chi connectivity index (χ3v) is 4.02. The van der Waals surface area contributed by atoms with Gasteiger partial charge in [-0.15, -0.1) is 0 Å². The molecule has 0 saturated heterocycles. The van der Waals surface area contributed by atoms with Crippen LogP contribution in [-0.2, 0) is 4.79 Å². The molecule has 0 radical (unpaired) electrons. The molecule has 0 aliphatic heterocycles. The Morgan fingerprint density at radius 1 is 1.10 bits per heavy atom. The van der Waals surface area contributed by atoms with Crippen LogP contribution in [0, 0.1) is 11.3 Å². The van der Waals surface area contributed by atoms with Gasteiger partial charge in [0.05, 0.1) is 5.54 Å². The van der Waals surface area contributed by atoms with Crippen LogP contribution in [-0.4, -0.2) is 24.5 Å². The van der Waals surface area contributed by atoms with E-state index < -0.39 is 5.54 Å². The van der Waals surface area contributed by atoms with Crippen molar-refractivity contribution in [3.8, 4) is 0 Å². The number of nitrogens with one attached hydrogen (secondary N) is 2. The maximum Gasteiger partial charge on any atom is 0.240 e. The molecular weight excluding hydrogens is 260 g/mol. The Balaban J connectivity index is 4.71. The molecule has 0 rings (SSSR count). The Morgan fingerprint density at radius 2 is 1.71 bits per heavy atom. The first-order valence-electron chi connectivity index (χ1n) is 8.70. The molecule has 0 aromatic rings. The molecule has 0 aromatic carbocycles. The number of hydrogen-bond acceptors (Lipinski definition) is 2. The van der Waals surface area contributed by atoms with Gasteiger partial charge in [0, 0.05) is 13.1 Å². The van der Waals surface area contributed by atoms with E-state index in [9.17, 15) is 4.79 Å². The second-order valence-corrected chi connectivity index (χ2v) is 7.81. The van der Waals surface area contributed by atoms with E-state index in [1.165, 1.54) is 12.8 Å². The van der Waals surface area contributed by atoms with Crippen LogP contribution < -0.4 is 10.6 Å². The topological polar surface area (TPSA) is 41.1 Å². The van der Waals surface area contributed by atoms with Crippen molar-refractivity contribution in [2.45, 2.75) is 86.1 Å². The van der Waals surface area contributed by atoms with E-state index in [-0.39, 0.29) is 11.3 Å². The van der Waals surface area contributed by atoms with Gasteiger partial charge in [0.15, 0.2) is 0 Å². The standard InChI is InChI=1S/C18H38N2O/c1-8-10-12-19-16(21)18(7,13-15(3)4)20-14-17(5,6)11-9-2/h15,20H,8-14H2,1-7H3,(H,19,21). The summed E-state index contributed by atoms with van der Waals surface area (Å²) in [7, 11) is 0. The molecule has 3 heteroatoms. The lowest BCUT2D eigenvalue weighted by molar-refractivity contribution is -0.127. The maximum absolute atomic E-state index is 12.6. The first-order chi connectivity index (χ1) is 9.67. The van der Waals surface area contributed by atoms with E-state index in [0.717, 1.165) is 32.4 Å². The SMILES string of the molecule is CCCCNC(=O)C(C)(CC(C)C)NCC(C)(C)CCC. The molecule has 0 saturated carbocycles. The van der Waals surface area contributed by atoms with Crippen LogP contribution in [0.1, 0.15) is 80.6 Å². The lowest BCUT2D eigenvalue weighted by Gasteiger charge is -2.35. The quantitative estimate of drug-likeness (QED) is 0.563. The summed E-state index contributed by atoms with van der Waals surface area (Å²) in [5, 5.41) is 6.66. The van der Waals surface area contributed by atoms with E-state index in [1.807, 2.05) is 0 Å². The fraction of sp³-hybridized carbons (Fsp3) is 0.944. The summed E-state index contributed by atoms with van der Waals surface area (Å²) in [5.41, 5.74) is -0.233. The van der Waals surface area contributed by atoms with Crippen molar-refractivity contribution < 1.29 is 4.79 Å².